The quantitative estimate of drug-likeness (QED) is 0.613. The van der Waals surface area contributed by atoms with E-state index in [0.717, 1.165) is 49.7 Å². The number of aryl methyl sites for hydroxylation is 1. The number of hydrogen-bond acceptors (Lipinski definition) is 4. The molecule has 2 fully saturated rings. The largest absolute Gasteiger partial charge is 0.508 e. The summed E-state index contributed by atoms with van der Waals surface area (Å²) in [6.45, 7) is 2.20. The molecule has 4 rings (SSSR count). The van der Waals surface area contributed by atoms with Crippen molar-refractivity contribution in [3.8, 4) is 5.75 Å². The molecule has 2 N–H and O–H groups in total. The van der Waals surface area contributed by atoms with E-state index in [-0.39, 0.29) is 33.8 Å². The summed E-state index contributed by atoms with van der Waals surface area (Å²) in [6, 6.07) is 3.01. The molecule has 0 spiro atoms. The first-order chi connectivity index (χ1) is 10.9. The zero-order valence-corrected chi connectivity index (χ0v) is 13.4. The van der Waals surface area contributed by atoms with E-state index in [0.29, 0.717) is 11.8 Å². The molecule has 0 amide bonds. The highest BCUT2D eigenvalue weighted by Gasteiger charge is 2.55. The van der Waals surface area contributed by atoms with Gasteiger partial charge in [0.25, 0.3) is 5.69 Å². The van der Waals surface area contributed by atoms with Crippen molar-refractivity contribution in [1.29, 1.82) is 0 Å². The Bertz CT molecular complexity index is 673. The highest BCUT2D eigenvalue weighted by atomic mass is 16.6. The van der Waals surface area contributed by atoms with Crippen molar-refractivity contribution in [3.05, 3.63) is 33.4 Å². The first kappa shape index (κ1) is 14.9. The van der Waals surface area contributed by atoms with Crippen molar-refractivity contribution in [3.63, 3.8) is 0 Å². The summed E-state index contributed by atoms with van der Waals surface area (Å²) in [5.74, 6) is 1.06. The number of phenolic OH excluding ortho intramolecular Hbond substituents is 1. The number of aliphatic hydroxyl groups is 1. The van der Waals surface area contributed by atoms with Crippen molar-refractivity contribution in [1.82, 2.24) is 0 Å². The Balaban J connectivity index is 1.79. The van der Waals surface area contributed by atoms with Crippen molar-refractivity contribution >= 4 is 5.69 Å². The number of aliphatic hydroxyl groups excluding tert-OH is 1. The summed E-state index contributed by atoms with van der Waals surface area (Å²) in [7, 11) is 0. The third kappa shape index (κ3) is 2.02. The second kappa shape index (κ2) is 4.94. The van der Waals surface area contributed by atoms with Gasteiger partial charge < -0.3 is 10.2 Å². The van der Waals surface area contributed by atoms with Crippen LogP contribution < -0.4 is 0 Å². The third-order valence-electron chi connectivity index (χ3n) is 6.93. The summed E-state index contributed by atoms with van der Waals surface area (Å²) in [5.41, 5.74) is 1.86. The average Bonchev–Trinajstić information content (AvgIpc) is 2.81. The van der Waals surface area contributed by atoms with Crippen LogP contribution in [0.15, 0.2) is 12.1 Å². The lowest BCUT2D eigenvalue weighted by atomic mass is 9.55. The SMILES string of the molecule is C[C@]12CC[C@@H]3c4c(cc(O)cc4[N+](=O)[O-])CC[C@H]3[C@@H]1CC[C@@H]2O. The van der Waals surface area contributed by atoms with E-state index in [9.17, 15) is 20.3 Å². The van der Waals surface area contributed by atoms with Crippen molar-refractivity contribution in [2.75, 3.05) is 0 Å². The summed E-state index contributed by atoms with van der Waals surface area (Å²) in [4.78, 5) is 11.1. The minimum Gasteiger partial charge on any atom is -0.508 e. The lowest BCUT2D eigenvalue weighted by Gasteiger charge is -2.49. The summed E-state index contributed by atoms with van der Waals surface area (Å²) < 4.78 is 0. The van der Waals surface area contributed by atoms with Gasteiger partial charge in [0.15, 0.2) is 0 Å². The fourth-order valence-corrected chi connectivity index (χ4v) is 5.81. The lowest BCUT2D eigenvalue weighted by Crippen LogP contribution is -2.44. The highest BCUT2D eigenvalue weighted by Crippen LogP contribution is 2.61. The lowest BCUT2D eigenvalue weighted by molar-refractivity contribution is -0.386. The van der Waals surface area contributed by atoms with Crippen LogP contribution in [0.2, 0.25) is 0 Å². The number of aromatic hydroxyl groups is 1. The number of fused-ring (bicyclic) bond motifs is 5. The van der Waals surface area contributed by atoms with Crippen LogP contribution >= 0.6 is 0 Å². The minimum atomic E-state index is -0.349. The van der Waals surface area contributed by atoms with Crippen molar-refractivity contribution < 1.29 is 15.1 Å². The second-order valence-corrected chi connectivity index (χ2v) is 7.85. The molecule has 0 radical (unpaired) electrons. The fourth-order valence-electron chi connectivity index (χ4n) is 5.81. The summed E-state index contributed by atoms with van der Waals surface area (Å²) >= 11 is 0. The van der Waals surface area contributed by atoms with Crippen LogP contribution in [0.3, 0.4) is 0 Å². The van der Waals surface area contributed by atoms with Crippen LogP contribution in [0.25, 0.3) is 0 Å². The summed E-state index contributed by atoms with van der Waals surface area (Å²) in [5, 5.41) is 31.7. The van der Waals surface area contributed by atoms with E-state index in [4.69, 9.17) is 0 Å². The van der Waals surface area contributed by atoms with E-state index < -0.39 is 0 Å². The van der Waals surface area contributed by atoms with E-state index in [1.807, 2.05) is 0 Å². The van der Waals surface area contributed by atoms with E-state index >= 15 is 0 Å². The normalized spacial score (nSPS) is 38.5. The molecule has 124 valence electrons. The molecule has 5 nitrogen and oxygen atoms in total. The van der Waals surface area contributed by atoms with Crippen LogP contribution in [0.1, 0.15) is 56.1 Å². The molecule has 1 aromatic rings. The smallest absolute Gasteiger partial charge is 0.276 e. The van der Waals surface area contributed by atoms with Gasteiger partial charge in [0.05, 0.1) is 17.1 Å². The molecular formula is C18H23NO4. The molecule has 2 saturated carbocycles. The number of phenols is 1. The van der Waals surface area contributed by atoms with Crippen LogP contribution in [0.5, 0.6) is 5.75 Å². The van der Waals surface area contributed by atoms with Gasteiger partial charge in [-0.25, -0.2) is 0 Å². The number of benzene rings is 1. The molecule has 0 aliphatic heterocycles. The Kier molecular flexibility index (Phi) is 3.21. The maximum Gasteiger partial charge on any atom is 0.276 e. The van der Waals surface area contributed by atoms with Crippen LogP contribution in [0, 0.1) is 27.4 Å². The zero-order chi connectivity index (χ0) is 16.4. The Labute approximate surface area is 135 Å². The maximum atomic E-state index is 11.5. The van der Waals surface area contributed by atoms with Crippen LogP contribution in [0.4, 0.5) is 5.69 Å². The number of nitrogens with zero attached hydrogens (tertiary/aromatic N) is 1. The number of rotatable bonds is 1. The molecule has 0 unspecified atom stereocenters. The predicted octanol–water partition coefficient (Wildman–Crippen LogP) is 3.52. The molecule has 0 aromatic heterocycles. The van der Waals surface area contributed by atoms with Crippen molar-refractivity contribution in [2.24, 2.45) is 17.3 Å². The van der Waals surface area contributed by atoms with Gasteiger partial charge >= 0.3 is 0 Å². The van der Waals surface area contributed by atoms with Crippen LogP contribution in [-0.4, -0.2) is 21.2 Å². The molecule has 1 aromatic carbocycles. The molecule has 5 heteroatoms. The van der Waals surface area contributed by atoms with Gasteiger partial charge in [-0.3, -0.25) is 10.1 Å². The van der Waals surface area contributed by atoms with Crippen molar-refractivity contribution in [2.45, 2.75) is 57.5 Å². The van der Waals surface area contributed by atoms with Gasteiger partial charge in [-0.2, -0.15) is 0 Å². The van der Waals surface area contributed by atoms with Gasteiger partial charge in [-0.1, -0.05) is 6.92 Å². The number of hydrogen-bond donors (Lipinski definition) is 2. The molecule has 3 aliphatic carbocycles. The van der Waals surface area contributed by atoms with E-state index in [2.05, 4.69) is 6.92 Å². The molecular weight excluding hydrogens is 294 g/mol. The Morgan fingerprint density at radius 2 is 2.04 bits per heavy atom. The number of nitro benzene ring substituents is 1. The van der Waals surface area contributed by atoms with E-state index in [1.165, 1.54) is 6.07 Å². The van der Waals surface area contributed by atoms with Gasteiger partial charge in [0.1, 0.15) is 5.75 Å². The first-order valence-electron chi connectivity index (χ1n) is 8.60. The molecule has 0 heterocycles. The first-order valence-corrected chi connectivity index (χ1v) is 8.60. The van der Waals surface area contributed by atoms with Gasteiger partial charge in [-0.15, -0.1) is 0 Å². The molecule has 3 aliphatic rings. The molecule has 23 heavy (non-hydrogen) atoms. The highest BCUT2D eigenvalue weighted by molar-refractivity contribution is 5.54. The topological polar surface area (TPSA) is 83.6 Å². The predicted molar refractivity (Wildman–Crippen MR) is 85.4 cm³/mol. The Morgan fingerprint density at radius 3 is 2.78 bits per heavy atom. The fraction of sp³-hybridized carbons (Fsp3) is 0.667. The summed E-state index contributed by atoms with van der Waals surface area (Å²) in [6.07, 6.45) is 5.27. The third-order valence-corrected chi connectivity index (χ3v) is 6.93. The van der Waals surface area contributed by atoms with Gasteiger partial charge in [0, 0.05) is 5.56 Å². The zero-order valence-electron chi connectivity index (χ0n) is 13.4. The van der Waals surface area contributed by atoms with Gasteiger partial charge in [-0.05, 0) is 73.3 Å². The maximum absolute atomic E-state index is 11.5. The van der Waals surface area contributed by atoms with E-state index in [1.54, 1.807) is 6.07 Å². The van der Waals surface area contributed by atoms with Gasteiger partial charge in [0.2, 0.25) is 0 Å². The Hall–Kier alpha value is -1.62. The van der Waals surface area contributed by atoms with Crippen LogP contribution in [-0.2, 0) is 6.42 Å². The second-order valence-electron chi connectivity index (χ2n) is 7.85. The Morgan fingerprint density at radius 1 is 1.26 bits per heavy atom. The molecule has 0 bridgehead atoms. The number of nitro groups is 1. The standard InChI is InChI=1S/C18H23NO4/c1-18-7-6-13-12(14(18)4-5-16(18)21)3-2-10-8-11(20)9-15(17(10)13)19(22)23/h8-9,12-14,16,20-21H,2-7H2,1H3/t12-,13+,14+,16+,18+/m1/s1. The average molecular weight is 317 g/mol. The monoisotopic (exact) mass is 317 g/mol. The minimum absolute atomic E-state index is 0.00848. The molecule has 0 saturated heterocycles. The molecule has 5 atom stereocenters.